The van der Waals surface area contributed by atoms with Gasteiger partial charge in [0.1, 0.15) is 0 Å². The van der Waals surface area contributed by atoms with Crippen LogP contribution in [0, 0.1) is 0 Å². The first-order valence-electron chi connectivity index (χ1n) is 7.66. The lowest BCUT2D eigenvalue weighted by Crippen LogP contribution is -2.30. The highest BCUT2D eigenvalue weighted by Gasteiger charge is 2.08. The maximum atomic E-state index is 12.1. The van der Waals surface area contributed by atoms with Crippen molar-refractivity contribution in [1.29, 1.82) is 0 Å². The molecule has 0 unspecified atom stereocenters. The number of ether oxygens (including phenoxy) is 2. The summed E-state index contributed by atoms with van der Waals surface area (Å²) in [4.78, 5) is 13.0. The molecule has 134 valence electrons. The average Bonchev–Trinajstić information content (AvgIpc) is 2.61. The van der Waals surface area contributed by atoms with E-state index in [9.17, 15) is 4.79 Å². The number of urea groups is 1. The summed E-state index contributed by atoms with van der Waals surface area (Å²) >= 11 is 7.54. The maximum Gasteiger partial charge on any atom is 0.319 e. The molecule has 0 aliphatic rings. The summed E-state index contributed by atoms with van der Waals surface area (Å²) in [7, 11) is 3.20. The van der Waals surface area contributed by atoms with Gasteiger partial charge in [0.2, 0.25) is 0 Å². The van der Waals surface area contributed by atoms with Gasteiger partial charge in [-0.1, -0.05) is 17.7 Å². The molecule has 2 aromatic rings. The molecule has 0 saturated heterocycles. The fraction of sp³-hybridized carbons (Fsp3) is 0.278. The van der Waals surface area contributed by atoms with Gasteiger partial charge < -0.3 is 20.1 Å². The Hall–Kier alpha value is -2.05. The van der Waals surface area contributed by atoms with E-state index < -0.39 is 0 Å². The van der Waals surface area contributed by atoms with Crippen LogP contribution in [0.5, 0.6) is 11.5 Å². The molecule has 0 spiro atoms. The van der Waals surface area contributed by atoms with Crippen molar-refractivity contribution in [2.45, 2.75) is 11.3 Å². The third-order valence-corrected chi connectivity index (χ3v) is 4.59. The number of carbonyl (C=O) groups excluding carboxylic acids is 1. The van der Waals surface area contributed by atoms with Crippen molar-refractivity contribution in [2.24, 2.45) is 0 Å². The van der Waals surface area contributed by atoms with Crippen molar-refractivity contribution in [3.05, 3.63) is 47.0 Å². The monoisotopic (exact) mass is 380 g/mol. The Morgan fingerprint density at radius 2 is 1.88 bits per heavy atom. The lowest BCUT2D eigenvalue weighted by Gasteiger charge is -2.12. The topological polar surface area (TPSA) is 59.6 Å². The van der Waals surface area contributed by atoms with Crippen molar-refractivity contribution < 1.29 is 14.3 Å². The molecule has 0 saturated carbocycles. The molecule has 2 rings (SSSR count). The Morgan fingerprint density at radius 3 is 2.56 bits per heavy atom. The van der Waals surface area contributed by atoms with Gasteiger partial charge in [-0.2, -0.15) is 0 Å². The van der Waals surface area contributed by atoms with Crippen LogP contribution < -0.4 is 20.1 Å². The largest absolute Gasteiger partial charge is 0.493 e. The van der Waals surface area contributed by atoms with E-state index in [4.69, 9.17) is 21.1 Å². The minimum atomic E-state index is -0.266. The first kappa shape index (κ1) is 19.3. The summed E-state index contributed by atoms with van der Waals surface area (Å²) in [5.74, 6) is 1.36. The molecular formula is C18H21ClN2O3S. The number of hydrogen-bond donors (Lipinski definition) is 2. The van der Waals surface area contributed by atoms with Crippen molar-refractivity contribution in [3.8, 4) is 11.5 Å². The van der Waals surface area contributed by atoms with Gasteiger partial charge in [-0.15, -0.1) is 11.8 Å². The summed E-state index contributed by atoms with van der Waals surface area (Å²) < 4.78 is 10.5. The van der Waals surface area contributed by atoms with E-state index in [1.54, 1.807) is 38.1 Å². The summed E-state index contributed by atoms with van der Waals surface area (Å²) in [6.45, 7) is 0.497. The molecule has 2 N–H and O–H groups in total. The minimum Gasteiger partial charge on any atom is -0.493 e. The number of anilines is 1. The lowest BCUT2D eigenvalue weighted by molar-refractivity contribution is 0.252. The molecule has 0 bridgehead atoms. The van der Waals surface area contributed by atoms with E-state index in [0.29, 0.717) is 35.2 Å². The predicted molar refractivity (Wildman–Crippen MR) is 104 cm³/mol. The van der Waals surface area contributed by atoms with E-state index in [2.05, 4.69) is 10.6 Å². The average molecular weight is 381 g/mol. The molecule has 2 amide bonds. The third kappa shape index (κ3) is 5.47. The van der Waals surface area contributed by atoms with Crippen molar-refractivity contribution in [3.63, 3.8) is 0 Å². The number of nitrogens with one attached hydrogen (secondary N) is 2. The zero-order valence-corrected chi connectivity index (χ0v) is 16.0. The fourth-order valence-corrected chi connectivity index (χ4v) is 3.01. The first-order valence-corrected chi connectivity index (χ1v) is 9.27. The number of methoxy groups -OCH3 is 2. The molecule has 0 heterocycles. The van der Waals surface area contributed by atoms with Gasteiger partial charge in [-0.25, -0.2) is 4.79 Å². The highest BCUT2D eigenvalue weighted by Crippen LogP contribution is 2.29. The number of hydrogen-bond acceptors (Lipinski definition) is 4. The molecule has 0 radical (unpaired) electrons. The van der Waals surface area contributed by atoms with Crippen LogP contribution in [0.15, 0.2) is 41.3 Å². The molecule has 0 fully saturated rings. The van der Waals surface area contributed by atoms with Crippen molar-refractivity contribution >= 4 is 35.1 Å². The van der Waals surface area contributed by atoms with Crippen molar-refractivity contribution in [2.75, 3.05) is 32.3 Å². The summed E-state index contributed by atoms with van der Waals surface area (Å²) in [5, 5.41) is 6.25. The number of thioether (sulfide) groups is 1. The van der Waals surface area contributed by atoms with Gasteiger partial charge >= 0.3 is 6.03 Å². The number of carbonyl (C=O) groups is 1. The number of rotatable bonds is 7. The molecule has 0 aromatic heterocycles. The summed E-state index contributed by atoms with van der Waals surface area (Å²) in [6.07, 6.45) is 2.63. The molecule has 5 nitrogen and oxygen atoms in total. The highest BCUT2D eigenvalue weighted by atomic mass is 35.5. The zero-order chi connectivity index (χ0) is 18.2. The van der Waals surface area contributed by atoms with Crippen LogP contribution in [-0.2, 0) is 6.42 Å². The predicted octanol–water partition coefficient (Wildman–Crippen LogP) is 4.44. The number of amides is 2. The van der Waals surface area contributed by atoms with Gasteiger partial charge in [0.25, 0.3) is 0 Å². The Balaban J connectivity index is 1.90. The van der Waals surface area contributed by atoms with Gasteiger partial charge in [0, 0.05) is 16.5 Å². The third-order valence-electron chi connectivity index (χ3n) is 3.56. The number of halogens is 1. The maximum absolute atomic E-state index is 12.1. The number of benzene rings is 2. The van der Waals surface area contributed by atoms with Crippen LogP contribution in [-0.4, -0.2) is 33.1 Å². The first-order chi connectivity index (χ1) is 12.1. The molecule has 25 heavy (non-hydrogen) atoms. The van der Waals surface area contributed by atoms with Gasteiger partial charge in [0.15, 0.2) is 11.5 Å². The van der Waals surface area contributed by atoms with Gasteiger partial charge in [-0.3, -0.25) is 0 Å². The molecule has 2 aromatic carbocycles. The van der Waals surface area contributed by atoms with Crippen molar-refractivity contribution in [1.82, 2.24) is 5.32 Å². The SMILES string of the molecule is COc1ccc(CCNC(=O)Nc2cc(Cl)ccc2SC)cc1OC. The molecule has 0 atom stereocenters. The van der Waals surface area contributed by atoms with Gasteiger partial charge in [-0.05, 0) is 48.6 Å². The normalized spacial score (nSPS) is 10.2. The molecule has 0 aliphatic heterocycles. The second kappa shape index (κ2) is 9.44. The molecule has 0 aliphatic carbocycles. The standard InChI is InChI=1S/C18H21ClN2O3S/c1-23-15-6-4-12(10-16(15)24-2)8-9-20-18(22)21-14-11-13(19)5-7-17(14)25-3/h4-7,10-11H,8-9H2,1-3H3,(H2,20,21,22). The minimum absolute atomic E-state index is 0.266. The molecular weight excluding hydrogens is 360 g/mol. The van der Waals surface area contributed by atoms with Crippen LogP contribution in [0.4, 0.5) is 10.5 Å². The van der Waals surface area contributed by atoms with Gasteiger partial charge in [0.05, 0.1) is 19.9 Å². The Kier molecular flexibility index (Phi) is 7.28. The van der Waals surface area contributed by atoms with E-state index >= 15 is 0 Å². The fourth-order valence-electron chi connectivity index (χ4n) is 2.30. The quantitative estimate of drug-likeness (QED) is 0.697. The van der Waals surface area contributed by atoms with Crippen LogP contribution in [0.25, 0.3) is 0 Å². The second-order valence-corrected chi connectivity index (χ2v) is 6.45. The Bertz CT molecular complexity index is 740. The highest BCUT2D eigenvalue weighted by molar-refractivity contribution is 7.98. The van der Waals surface area contributed by atoms with E-state index in [0.717, 1.165) is 10.5 Å². The van der Waals surface area contributed by atoms with E-state index in [-0.39, 0.29) is 6.03 Å². The van der Waals surface area contributed by atoms with Crippen LogP contribution >= 0.6 is 23.4 Å². The zero-order valence-electron chi connectivity index (χ0n) is 14.4. The smallest absolute Gasteiger partial charge is 0.319 e. The van der Waals surface area contributed by atoms with Crippen LogP contribution in [0.2, 0.25) is 5.02 Å². The summed E-state index contributed by atoms with van der Waals surface area (Å²) in [6, 6.07) is 10.9. The van der Waals surface area contributed by atoms with Crippen LogP contribution in [0.3, 0.4) is 0 Å². The van der Waals surface area contributed by atoms with E-state index in [1.807, 2.05) is 30.5 Å². The Labute approximate surface area is 157 Å². The second-order valence-electron chi connectivity index (χ2n) is 5.16. The van der Waals surface area contributed by atoms with Crippen LogP contribution in [0.1, 0.15) is 5.56 Å². The Morgan fingerprint density at radius 1 is 1.12 bits per heavy atom. The lowest BCUT2D eigenvalue weighted by atomic mass is 10.1. The molecule has 7 heteroatoms. The summed E-state index contributed by atoms with van der Waals surface area (Å²) in [5.41, 5.74) is 1.74. The van der Waals surface area contributed by atoms with E-state index in [1.165, 1.54) is 0 Å².